The smallest absolute Gasteiger partial charge is 0.326 e. The Hall–Kier alpha value is -1.92. The predicted molar refractivity (Wildman–Crippen MR) is 71.9 cm³/mol. The summed E-state index contributed by atoms with van der Waals surface area (Å²) in [4.78, 5) is 24.5. The summed E-state index contributed by atoms with van der Waals surface area (Å²) in [6.07, 6.45) is -0.401. The van der Waals surface area contributed by atoms with Crippen LogP contribution in [0.5, 0.6) is 0 Å². The molecule has 3 atom stereocenters. The highest BCUT2D eigenvalue weighted by molar-refractivity contribution is 5.87. The first-order valence-corrected chi connectivity index (χ1v) is 6.50. The molecule has 0 unspecified atom stereocenters. The van der Waals surface area contributed by atoms with Crippen molar-refractivity contribution < 1.29 is 19.8 Å². The zero-order chi connectivity index (χ0) is 14.7. The van der Waals surface area contributed by atoms with Gasteiger partial charge in [-0.1, -0.05) is 30.3 Å². The Balaban J connectivity index is 2.04. The lowest BCUT2D eigenvalue weighted by Crippen LogP contribution is -2.49. The van der Waals surface area contributed by atoms with Gasteiger partial charge in [0.25, 0.3) is 0 Å². The third kappa shape index (κ3) is 3.15. The predicted octanol–water partition coefficient (Wildman–Crippen LogP) is -0.397. The number of carboxylic acids is 1. The van der Waals surface area contributed by atoms with Crippen molar-refractivity contribution in [1.82, 2.24) is 4.90 Å². The molecule has 4 N–H and O–H groups in total. The second kappa shape index (κ2) is 6.02. The van der Waals surface area contributed by atoms with Crippen molar-refractivity contribution in [2.75, 3.05) is 6.54 Å². The lowest BCUT2D eigenvalue weighted by atomic mass is 10.1. The fourth-order valence-corrected chi connectivity index (χ4v) is 2.46. The Labute approximate surface area is 116 Å². The lowest BCUT2D eigenvalue weighted by Gasteiger charge is -2.24. The summed E-state index contributed by atoms with van der Waals surface area (Å²) in [5.74, 6) is -1.54. The third-order valence-electron chi connectivity index (χ3n) is 3.46. The number of aliphatic hydroxyl groups is 1. The zero-order valence-electron chi connectivity index (χ0n) is 11.0. The quantitative estimate of drug-likeness (QED) is 0.695. The second-order valence-electron chi connectivity index (χ2n) is 5.03. The molecule has 2 rings (SSSR count). The highest BCUT2D eigenvalue weighted by Gasteiger charge is 2.40. The number of carboxylic acid groups (broad SMARTS) is 1. The summed E-state index contributed by atoms with van der Waals surface area (Å²) in [5, 5.41) is 18.6. The molecule has 0 aliphatic carbocycles. The molecular formula is C14H18N2O4. The van der Waals surface area contributed by atoms with Crippen molar-refractivity contribution in [2.24, 2.45) is 5.73 Å². The van der Waals surface area contributed by atoms with Crippen molar-refractivity contribution >= 4 is 11.9 Å². The second-order valence-corrected chi connectivity index (χ2v) is 5.03. The number of hydrogen-bond acceptors (Lipinski definition) is 4. The van der Waals surface area contributed by atoms with E-state index in [1.165, 1.54) is 4.90 Å². The normalized spacial score (nSPS) is 23.6. The average Bonchev–Trinajstić information content (AvgIpc) is 2.81. The van der Waals surface area contributed by atoms with E-state index in [4.69, 9.17) is 10.8 Å². The molecular weight excluding hydrogens is 260 g/mol. The van der Waals surface area contributed by atoms with Gasteiger partial charge in [0, 0.05) is 13.0 Å². The van der Waals surface area contributed by atoms with Gasteiger partial charge in [0.1, 0.15) is 6.04 Å². The molecule has 1 aliphatic heterocycles. The summed E-state index contributed by atoms with van der Waals surface area (Å²) < 4.78 is 0. The van der Waals surface area contributed by atoms with E-state index < -0.39 is 30.1 Å². The number of nitrogens with two attached hydrogens (primary N) is 1. The number of nitrogens with zero attached hydrogens (tertiary/aromatic N) is 1. The fraction of sp³-hybridized carbons (Fsp3) is 0.429. The van der Waals surface area contributed by atoms with Crippen LogP contribution >= 0.6 is 0 Å². The van der Waals surface area contributed by atoms with Crippen LogP contribution < -0.4 is 5.73 Å². The van der Waals surface area contributed by atoms with Crippen molar-refractivity contribution in [3.05, 3.63) is 35.9 Å². The molecule has 108 valence electrons. The SMILES string of the molecule is N[C@@H](Cc1ccccc1)C(=O)N1C[C@@H](O)C[C@H]1C(=O)O. The van der Waals surface area contributed by atoms with Crippen molar-refractivity contribution in [3.8, 4) is 0 Å². The molecule has 1 saturated heterocycles. The summed E-state index contributed by atoms with van der Waals surface area (Å²) in [5.41, 5.74) is 6.79. The van der Waals surface area contributed by atoms with Crippen LogP contribution in [0.1, 0.15) is 12.0 Å². The molecule has 1 amide bonds. The first-order chi connectivity index (χ1) is 9.49. The lowest BCUT2D eigenvalue weighted by molar-refractivity contribution is -0.148. The van der Waals surface area contributed by atoms with Gasteiger partial charge < -0.3 is 20.8 Å². The topological polar surface area (TPSA) is 104 Å². The van der Waals surface area contributed by atoms with Crippen LogP contribution in [0, 0.1) is 0 Å². The molecule has 1 aliphatic rings. The van der Waals surface area contributed by atoms with Gasteiger partial charge in [-0.15, -0.1) is 0 Å². The molecule has 0 saturated carbocycles. The number of carbonyl (C=O) groups excluding carboxylic acids is 1. The van der Waals surface area contributed by atoms with Gasteiger partial charge in [0.15, 0.2) is 0 Å². The number of rotatable bonds is 4. The molecule has 0 spiro atoms. The minimum atomic E-state index is -1.11. The van der Waals surface area contributed by atoms with E-state index in [1.54, 1.807) is 0 Å². The monoisotopic (exact) mass is 278 g/mol. The molecule has 6 heteroatoms. The molecule has 0 radical (unpaired) electrons. The van der Waals surface area contributed by atoms with Gasteiger partial charge in [-0.2, -0.15) is 0 Å². The molecule has 1 aromatic rings. The van der Waals surface area contributed by atoms with E-state index >= 15 is 0 Å². The van der Waals surface area contributed by atoms with E-state index in [2.05, 4.69) is 0 Å². The molecule has 1 fully saturated rings. The average molecular weight is 278 g/mol. The van der Waals surface area contributed by atoms with Gasteiger partial charge in [0.2, 0.25) is 5.91 Å². The van der Waals surface area contributed by atoms with Gasteiger partial charge in [-0.3, -0.25) is 4.79 Å². The first kappa shape index (κ1) is 14.5. The minimum absolute atomic E-state index is 0.0261. The number of likely N-dealkylation sites (tertiary alicyclic amines) is 1. The summed E-state index contributed by atoms with van der Waals surface area (Å²) in [6, 6.07) is 7.51. The van der Waals surface area contributed by atoms with E-state index in [9.17, 15) is 14.7 Å². The number of amides is 1. The highest BCUT2D eigenvalue weighted by Crippen LogP contribution is 2.19. The Bertz CT molecular complexity index is 491. The molecule has 0 aromatic heterocycles. The van der Waals surface area contributed by atoms with E-state index in [0.29, 0.717) is 6.42 Å². The van der Waals surface area contributed by atoms with Crippen molar-refractivity contribution in [1.29, 1.82) is 0 Å². The van der Waals surface area contributed by atoms with Crippen LogP contribution in [-0.4, -0.2) is 51.7 Å². The maximum absolute atomic E-state index is 12.2. The van der Waals surface area contributed by atoms with Crippen molar-refractivity contribution in [2.45, 2.75) is 31.0 Å². The standard InChI is InChI=1S/C14H18N2O4/c15-11(6-9-4-2-1-3-5-9)13(18)16-8-10(17)7-12(16)14(19)20/h1-5,10-12,17H,6-8,15H2,(H,19,20)/t10-,11-,12-/m0/s1. The number of carbonyl (C=O) groups is 2. The van der Waals surface area contributed by atoms with Crippen LogP contribution in [0.3, 0.4) is 0 Å². The number of β-amino-alcohol motifs (C(OH)–C–C–N with tert-alkyl or cyclic N) is 1. The number of benzene rings is 1. The number of aliphatic hydroxyl groups excluding tert-OH is 1. The minimum Gasteiger partial charge on any atom is -0.480 e. The highest BCUT2D eigenvalue weighted by atomic mass is 16.4. The maximum atomic E-state index is 12.2. The van der Waals surface area contributed by atoms with Crippen LogP contribution in [-0.2, 0) is 16.0 Å². The first-order valence-electron chi connectivity index (χ1n) is 6.50. The Kier molecular flexibility index (Phi) is 4.36. The number of aliphatic carboxylic acids is 1. The van der Waals surface area contributed by atoms with Crippen LogP contribution in [0.15, 0.2) is 30.3 Å². The van der Waals surface area contributed by atoms with Gasteiger partial charge in [-0.05, 0) is 12.0 Å². The Morgan fingerprint density at radius 1 is 1.35 bits per heavy atom. The van der Waals surface area contributed by atoms with Crippen molar-refractivity contribution in [3.63, 3.8) is 0 Å². The molecule has 20 heavy (non-hydrogen) atoms. The largest absolute Gasteiger partial charge is 0.480 e. The van der Waals surface area contributed by atoms with Crippen LogP contribution in [0.2, 0.25) is 0 Å². The third-order valence-corrected chi connectivity index (χ3v) is 3.46. The fourth-order valence-electron chi connectivity index (χ4n) is 2.46. The summed E-state index contributed by atoms with van der Waals surface area (Å²) in [7, 11) is 0. The summed E-state index contributed by atoms with van der Waals surface area (Å²) in [6.45, 7) is 0.0261. The van der Waals surface area contributed by atoms with Gasteiger partial charge in [0.05, 0.1) is 12.1 Å². The molecule has 0 bridgehead atoms. The summed E-state index contributed by atoms with van der Waals surface area (Å²) >= 11 is 0. The van der Waals surface area contributed by atoms with Gasteiger partial charge in [-0.25, -0.2) is 4.79 Å². The number of hydrogen-bond donors (Lipinski definition) is 3. The molecule has 1 heterocycles. The molecule has 1 aromatic carbocycles. The van der Waals surface area contributed by atoms with Crippen LogP contribution in [0.4, 0.5) is 0 Å². The maximum Gasteiger partial charge on any atom is 0.326 e. The van der Waals surface area contributed by atoms with E-state index in [0.717, 1.165) is 5.56 Å². The van der Waals surface area contributed by atoms with Gasteiger partial charge >= 0.3 is 5.97 Å². The van der Waals surface area contributed by atoms with Crippen LogP contribution in [0.25, 0.3) is 0 Å². The van der Waals surface area contributed by atoms with E-state index in [-0.39, 0.29) is 13.0 Å². The Morgan fingerprint density at radius 3 is 2.60 bits per heavy atom. The Morgan fingerprint density at radius 2 is 2.00 bits per heavy atom. The zero-order valence-corrected chi connectivity index (χ0v) is 11.0. The van der Waals surface area contributed by atoms with E-state index in [1.807, 2.05) is 30.3 Å². The molecule has 6 nitrogen and oxygen atoms in total.